The van der Waals surface area contributed by atoms with Crippen molar-refractivity contribution in [2.75, 3.05) is 0 Å². The molecule has 2 N–H and O–H groups in total. The molecule has 1 aliphatic rings. The molecule has 0 aromatic carbocycles. The van der Waals surface area contributed by atoms with E-state index in [1.54, 1.807) is 0 Å². The van der Waals surface area contributed by atoms with Crippen LogP contribution in [-0.4, -0.2) is 10.1 Å². The molecule has 0 bridgehead atoms. The van der Waals surface area contributed by atoms with Crippen molar-refractivity contribution >= 4 is 0 Å². The van der Waals surface area contributed by atoms with Crippen molar-refractivity contribution in [3.63, 3.8) is 0 Å². The first-order valence-corrected chi connectivity index (χ1v) is 6.26. The molecule has 0 radical (unpaired) electrons. The predicted octanol–water partition coefficient (Wildman–Crippen LogP) is 2.39. The van der Waals surface area contributed by atoms with E-state index >= 15 is 0 Å². The number of rotatable bonds is 3. The fraction of sp³-hybridized carbons (Fsp3) is 0.833. The lowest BCUT2D eigenvalue weighted by atomic mass is 9.76. The van der Waals surface area contributed by atoms with Gasteiger partial charge in [-0.2, -0.15) is 4.98 Å². The molecule has 2 rings (SSSR count). The second-order valence-corrected chi connectivity index (χ2v) is 4.98. The molecule has 1 saturated carbocycles. The van der Waals surface area contributed by atoms with E-state index in [1.165, 1.54) is 32.1 Å². The molecule has 0 saturated heterocycles. The van der Waals surface area contributed by atoms with Crippen molar-refractivity contribution in [3.8, 4) is 0 Å². The van der Waals surface area contributed by atoms with E-state index < -0.39 is 5.54 Å². The van der Waals surface area contributed by atoms with Crippen molar-refractivity contribution in [1.29, 1.82) is 0 Å². The summed E-state index contributed by atoms with van der Waals surface area (Å²) in [6.45, 7) is 4.04. The van der Waals surface area contributed by atoms with Crippen molar-refractivity contribution < 1.29 is 4.52 Å². The number of nitrogens with zero attached hydrogens (tertiary/aromatic N) is 2. The van der Waals surface area contributed by atoms with Gasteiger partial charge in [0.25, 0.3) is 0 Å². The number of aryl methyl sites for hydroxylation is 1. The first kappa shape index (κ1) is 11.6. The highest BCUT2D eigenvalue weighted by molar-refractivity contribution is 5.05. The van der Waals surface area contributed by atoms with E-state index in [0.717, 1.165) is 6.42 Å². The summed E-state index contributed by atoms with van der Waals surface area (Å²) in [4.78, 5) is 4.37. The SMILES string of the molecule is CCc1nc(C(C)(N)C2CCCCC2)no1. The zero-order valence-corrected chi connectivity index (χ0v) is 10.2. The van der Waals surface area contributed by atoms with Gasteiger partial charge in [-0.25, -0.2) is 0 Å². The van der Waals surface area contributed by atoms with E-state index in [2.05, 4.69) is 10.1 Å². The fourth-order valence-electron chi connectivity index (χ4n) is 2.50. The molecule has 1 atom stereocenters. The molecule has 1 heterocycles. The first-order valence-electron chi connectivity index (χ1n) is 6.26. The van der Waals surface area contributed by atoms with Crippen LogP contribution in [0.4, 0.5) is 0 Å². The monoisotopic (exact) mass is 223 g/mol. The molecule has 4 nitrogen and oxygen atoms in total. The number of hydrogen-bond acceptors (Lipinski definition) is 4. The van der Waals surface area contributed by atoms with Crippen LogP contribution in [0.3, 0.4) is 0 Å². The molecule has 1 aromatic rings. The quantitative estimate of drug-likeness (QED) is 0.854. The molecule has 0 spiro atoms. The summed E-state index contributed by atoms with van der Waals surface area (Å²) in [6.07, 6.45) is 7.02. The van der Waals surface area contributed by atoms with Crippen LogP contribution < -0.4 is 5.73 Å². The van der Waals surface area contributed by atoms with Crippen LogP contribution in [0.1, 0.15) is 57.7 Å². The zero-order chi connectivity index (χ0) is 11.6. The average molecular weight is 223 g/mol. The van der Waals surface area contributed by atoms with Gasteiger partial charge in [0.1, 0.15) is 0 Å². The number of aromatic nitrogens is 2. The Balaban J connectivity index is 2.15. The van der Waals surface area contributed by atoms with Crippen LogP contribution >= 0.6 is 0 Å². The third-order valence-corrected chi connectivity index (χ3v) is 3.71. The van der Waals surface area contributed by atoms with E-state index in [1.807, 2.05) is 13.8 Å². The Morgan fingerprint density at radius 2 is 2.06 bits per heavy atom. The molecule has 1 fully saturated rings. The maximum atomic E-state index is 6.40. The Kier molecular flexibility index (Phi) is 3.28. The predicted molar refractivity (Wildman–Crippen MR) is 61.8 cm³/mol. The van der Waals surface area contributed by atoms with Gasteiger partial charge in [-0.1, -0.05) is 31.3 Å². The van der Waals surface area contributed by atoms with Gasteiger partial charge in [-0.05, 0) is 25.7 Å². The van der Waals surface area contributed by atoms with E-state index in [9.17, 15) is 0 Å². The molecule has 1 aromatic heterocycles. The van der Waals surface area contributed by atoms with Crippen LogP contribution in [0.15, 0.2) is 4.52 Å². The first-order chi connectivity index (χ1) is 7.64. The minimum absolute atomic E-state index is 0.433. The third-order valence-electron chi connectivity index (χ3n) is 3.71. The van der Waals surface area contributed by atoms with Gasteiger partial charge in [0.15, 0.2) is 5.82 Å². The van der Waals surface area contributed by atoms with Gasteiger partial charge in [0.05, 0.1) is 5.54 Å². The molecule has 1 aliphatic carbocycles. The molecule has 4 heteroatoms. The average Bonchev–Trinajstić information content (AvgIpc) is 2.79. The number of nitrogens with two attached hydrogens (primary N) is 1. The minimum Gasteiger partial charge on any atom is -0.339 e. The van der Waals surface area contributed by atoms with Crippen molar-refractivity contribution in [1.82, 2.24) is 10.1 Å². The molecule has 0 amide bonds. The summed E-state index contributed by atoms with van der Waals surface area (Å²) in [7, 11) is 0. The topological polar surface area (TPSA) is 64.9 Å². The van der Waals surface area contributed by atoms with Gasteiger partial charge in [-0.15, -0.1) is 0 Å². The van der Waals surface area contributed by atoms with Crippen LogP contribution in [-0.2, 0) is 12.0 Å². The van der Waals surface area contributed by atoms with Crippen molar-refractivity contribution in [2.24, 2.45) is 11.7 Å². The van der Waals surface area contributed by atoms with Crippen molar-refractivity contribution in [2.45, 2.75) is 57.9 Å². The maximum Gasteiger partial charge on any atom is 0.226 e. The third kappa shape index (κ3) is 2.12. The smallest absolute Gasteiger partial charge is 0.226 e. The summed E-state index contributed by atoms with van der Waals surface area (Å²) >= 11 is 0. The Morgan fingerprint density at radius 3 is 2.62 bits per heavy atom. The van der Waals surface area contributed by atoms with Gasteiger partial charge in [0, 0.05) is 6.42 Å². The largest absolute Gasteiger partial charge is 0.339 e. The molecule has 16 heavy (non-hydrogen) atoms. The minimum atomic E-state index is -0.433. The van der Waals surface area contributed by atoms with Gasteiger partial charge >= 0.3 is 0 Å². The van der Waals surface area contributed by atoms with Crippen LogP contribution in [0.25, 0.3) is 0 Å². The number of hydrogen-bond donors (Lipinski definition) is 1. The van der Waals surface area contributed by atoms with Gasteiger partial charge < -0.3 is 10.3 Å². The lowest BCUT2D eigenvalue weighted by molar-refractivity contribution is 0.209. The molecule has 1 unspecified atom stereocenters. The summed E-state index contributed by atoms with van der Waals surface area (Å²) in [5.41, 5.74) is 5.96. The standard InChI is InChI=1S/C12H21N3O/c1-3-10-14-11(15-16-10)12(2,13)9-7-5-4-6-8-9/h9H,3-8,13H2,1-2H3. The van der Waals surface area contributed by atoms with Crippen LogP contribution in [0.2, 0.25) is 0 Å². The van der Waals surface area contributed by atoms with Crippen molar-refractivity contribution in [3.05, 3.63) is 11.7 Å². The van der Waals surface area contributed by atoms with E-state index in [-0.39, 0.29) is 0 Å². The zero-order valence-electron chi connectivity index (χ0n) is 10.2. The molecular weight excluding hydrogens is 202 g/mol. The summed E-state index contributed by atoms with van der Waals surface area (Å²) < 4.78 is 5.15. The van der Waals surface area contributed by atoms with Gasteiger partial charge in [-0.3, -0.25) is 0 Å². The lowest BCUT2D eigenvalue weighted by Crippen LogP contribution is -2.43. The fourth-order valence-corrected chi connectivity index (χ4v) is 2.50. The molecular formula is C12H21N3O. The van der Waals surface area contributed by atoms with Crippen LogP contribution in [0.5, 0.6) is 0 Å². The molecule has 90 valence electrons. The van der Waals surface area contributed by atoms with Gasteiger partial charge in [0.2, 0.25) is 5.89 Å². The highest BCUT2D eigenvalue weighted by atomic mass is 16.5. The van der Waals surface area contributed by atoms with E-state index in [0.29, 0.717) is 17.6 Å². The summed E-state index contributed by atoms with van der Waals surface area (Å²) in [6, 6.07) is 0. The highest BCUT2D eigenvalue weighted by Crippen LogP contribution is 2.36. The Bertz CT molecular complexity index is 340. The highest BCUT2D eigenvalue weighted by Gasteiger charge is 2.36. The summed E-state index contributed by atoms with van der Waals surface area (Å²) in [5, 5.41) is 4.02. The second-order valence-electron chi connectivity index (χ2n) is 4.98. The maximum absolute atomic E-state index is 6.40. The normalized spacial score (nSPS) is 21.9. The Morgan fingerprint density at radius 1 is 1.38 bits per heavy atom. The van der Waals surface area contributed by atoms with Crippen LogP contribution in [0, 0.1) is 5.92 Å². The van der Waals surface area contributed by atoms with E-state index in [4.69, 9.17) is 10.3 Å². The Hall–Kier alpha value is -0.900. The Labute approximate surface area is 96.6 Å². The lowest BCUT2D eigenvalue weighted by Gasteiger charge is -2.34. The summed E-state index contributed by atoms with van der Waals surface area (Å²) in [5.74, 6) is 1.85. The second kappa shape index (κ2) is 4.53. The molecule has 0 aliphatic heterocycles.